The van der Waals surface area contributed by atoms with Gasteiger partial charge in [0.25, 0.3) is 0 Å². The van der Waals surface area contributed by atoms with Gasteiger partial charge in [0.2, 0.25) is 21.8 Å². The first-order valence-electron chi connectivity index (χ1n) is 7.49. The van der Waals surface area contributed by atoms with E-state index < -0.39 is 15.8 Å². The van der Waals surface area contributed by atoms with Gasteiger partial charge in [-0.1, -0.05) is 6.42 Å². The van der Waals surface area contributed by atoms with Gasteiger partial charge in [0, 0.05) is 25.6 Å². The van der Waals surface area contributed by atoms with E-state index in [0.29, 0.717) is 18.7 Å². The zero-order chi connectivity index (χ0) is 18.2. The molecule has 0 heterocycles. The average molecular weight is 359 g/mol. The molecule has 7 nitrogen and oxygen atoms in total. The van der Waals surface area contributed by atoms with E-state index in [4.69, 9.17) is 0 Å². The Morgan fingerprint density at radius 3 is 2.50 bits per heavy atom. The maximum absolute atomic E-state index is 13.5. The number of unbranched alkanes of at least 4 members (excludes halogenated alkanes) is 2. The summed E-state index contributed by atoms with van der Waals surface area (Å²) < 4.78 is 37.9. The van der Waals surface area contributed by atoms with Crippen molar-refractivity contribution in [2.45, 2.75) is 32.6 Å². The molecule has 0 unspecified atom stereocenters. The van der Waals surface area contributed by atoms with E-state index in [9.17, 15) is 22.4 Å². The zero-order valence-electron chi connectivity index (χ0n) is 13.7. The highest BCUT2D eigenvalue weighted by Crippen LogP contribution is 2.20. The van der Waals surface area contributed by atoms with Crippen molar-refractivity contribution >= 4 is 33.2 Å². The Balaban J connectivity index is 2.44. The summed E-state index contributed by atoms with van der Waals surface area (Å²) in [6.07, 6.45) is 3.43. The smallest absolute Gasteiger partial charge is 0.229 e. The minimum Gasteiger partial charge on any atom is -0.356 e. The van der Waals surface area contributed by atoms with Gasteiger partial charge in [-0.2, -0.15) is 0 Å². The number of hydrogen-bond donors (Lipinski definition) is 3. The maximum atomic E-state index is 13.5. The number of benzene rings is 1. The lowest BCUT2D eigenvalue weighted by molar-refractivity contribution is -0.119. The SMILES string of the molecule is CC(=O)NCCCCCC(=O)Nc1ccc(F)c(NS(C)(=O)=O)c1. The number of amides is 2. The number of carbonyl (C=O) groups is 2. The summed E-state index contributed by atoms with van der Waals surface area (Å²) in [7, 11) is -3.61. The van der Waals surface area contributed by atoms with Crippen LogP contribution < -0.4 is 15.4 Å². The summed E-state index contributed by atoms with van der Waals surface area (Å²) in [5.74, 6) is -1.05. The number of rotatable bonds is 9. The number of hydrogen-bond acceptors (Lipinski definition) is 4. The standard InChI is InChI=1S/C15H22FN3O4S/c1-11(20)17-9-5-3-4-6-15(21)18-12-7-8-13(16)14(10-12)19-24(2,22)23/h7-8,10,19H,3-6,9H2,1-2H3,(H,17,20)(H,18,21). The van der Waals surface area contributed by atoms with Gasteiger partial charge in [-0.15, -0.1) is 0 Å². The molecule has 0 radical (unpaired) electrons. The molecule has 24 heavy (non-hydrogen) atoms. The van der Waals surface area contributed by atoms with Gasteiger partial charge in [-0.05, 0) is 31.0 Å². The zero-order valence-corrected chi connectivity index (χ0v) is 14.5. The average Bonchev–Trinajstić information content (AvgIpc) is 2.44. The molecule has 1 aromatic rings. The topological polar surface area (TPSA) is 104 Å². The predicted molar refractivity (Wildman–Crippen MR) is 90.6 cm³/mol. The second-order valence-corrected chi connectivity index (χ2v) is 7.16. The highest BCUT2D eigenvalue weighted by molar-refractivity contribution is 7.92. The molecular weight excluding hydrogens is 337 g/mol. The van der Waals surface area contributed by atoms with Crippen molar-refractivity contribution in [3.8, 4) is 0 Å². The van der Waals surface area contributed by atoms with Gasteiger partial charge in [0.1, 0.15) is 5.82 Å². The van der Waals surface area contributed by atoms with E-state index in [1.165, 1.54) is 19.1 Å². The fourth-order valence-electron chi connectivity index (χ4n) is 1.96. The van der Waals surface area contributed by atoms with Crippen LogP contribution in [0.4, 0.5) is 15.8 Å². The number of anilines is 2. The van der Waals surface area contributed by atoms with E-state index in [1.807, 2.05) is 4.72 Å². The summed E-state index contributed by atoms with van der Waals surface area (Å²) in [5, 5.41) is 5.27. The molecule has 0 saturated heterocycles. The Hall–Kier alpha value is -2.16. The molecule has 3 N–H and O–H groups in total. The summed E-state index contributed by atoms with van der Waals surface area (Å²) in [4.78, 5) is 22.5. The summed E-state index contributed by atoms with van der Waals surface area (Å²) in [6.45, 7) is 2.03. The summed E-state index contributed by atoms with van der Waals surface area (Å²) in [6, 6.07) is 3.67. The largest absolute Gasteiger partial charge is 0.356 e. The fourth-order valence-corrected chi connectivity index (χ4v) is 2.51. The molecular formula is C15H22FN3O4S. The van der Waals surface area contributed by atoms with Crippen molar-refractivity contribution < 1.29 is 22.4 Å². The van der Waals surface area contributed by atoms with E-state index in [-0.39, 0.29) is 23.9 Å². The molecule has 0 atom stereocenters. The van der Waals surface area contributed by atoms with Crippen molar-refractivity contribution in [3.63, 3.8) is 0 Å². The van der Waals surface area contributed by atoms with E-state index in [2.05, 4.69) is 10.6 Å². The van der Waals surface area contributed by atoms with Crippen LogP contribution >= 0.6 is 0 Å². The van der Waals surface area contributed by atoms with Crippen molar-refractivity contribution in [2.24, 2.45) is 0 Å². The Labute approximate surface area is 141 Å². The number of sulfonamides is 1. The molecule has 0 bridgehead atoms. The number of carbonyl (C=O) groups excluding carboxylic acids is 2. The van der Waals surface area contributed by atoms with E-state index in [1.54, 1.807) is 0 Å². The molecule has 0 fully saturated rings. The van der Waals surface area contributed by atoms with Gasteiger partial charge < -0.3 is 10.6 Å². The van der Waals surface area contributed by atoms with E-state index in [0.717, 1.165) is 25.2 Å². The molecule has 1 aromatic carbocycles. The number of halogens is 1. The van der Waals surface area contributed by atoms with Gasteiger partial charge in [-0.25, -0.2) is 12.8 Å². The Kier molecular flexibility index (Phi) is 7.63. The van der Waals surface area contributed by atoms with Crippen LogP contribution in [0.25, 0.3) is 0 Å². The van der Waals surface area contributed by atoms with Crippen molar-refractivity contribution in [3.05, 3.63) is 24.0 Å². The van der Waals surface area contributed by atoms with Crippen LogP contribution in [0.1, 0.15) is 32.6 Å². The summed E-state index contributed by atoms with van der Waals surface area (Å²) >= 11 is 0. The first-order chi connectivity index (χ1) is 11.2. The van der Waals surface area contributed by atoms with Gasteiger partial charge in [-0.3, -0.25) is 14.3 Å². The monoisotopic (exact) mass is 359 g/mol. The maximum Gasteiger partial charge on any atom is 0.229 e. The second-order valence-electron chi connectivity index (χ2n) is 5.41. The van der Waals surface area contributed by atoms with Gasteiger partial charge >= 0.3 is 0 Å². The Morgan fingerprint density at radius 1 is 1.17 bits per heavy atom. The normalized spacial score (nSPS) is 11.0. The highest BCUT2D eigenvalue weighted by Gasteiger charge is 2.10. The Bertz CT molecular complexity index is 692. The van der Waals surface area contributed by atoms with E-state index >= 15 is 0 Å². The third-order valence-electron chi connectivity index (χ3n) is 3.00. The lowest BCUT2D eigenvalue weighted by Crippen LogP contribution is -2.20. The van der Waals surface area contributed by atoms with Crippen molar-refractivity contribution in [1.29, 1.82) is 0 Å². The molecule has 9 heteroatoms. The van der Waals surface area contributed by atoms with Crippen LogP contribution in [-0.4, -0.2) is 33.0 Å². The van der Waals surface area contributed by atoms with Crippen LogP contribution in [0.3, 0.4) is 0 Å². The first kappa shape index (κ1) is 19.9. The molecule has 0 aliphatic carbocycles. The molecule has 0 aliphatic heterocycles. The van der Waals surface area contributed by atoms with Crippen LogP contribution in [0, 0.1) is 5.82 Å². The van der Waals surface area contributed by atoms with Crippen molar-refractivity contribution in [1.82, 2.24) is 5.32 Å². The van der Waals surface area contributed by atoms with Crippen molar-refractivity contribution in [2.75, 3.05) is 22.8 Å². The molecule has 1 rings (SSSR count). The minimum atomic E-state index is -3.61. The Morgan fingerprint density at radius 2 is 1.88 bits per heavy atom. The lowest BCUT2D eigenvalue weighted by atomic mass is 10.2. The number of nitrogens with one attached hydrogen (secondary N) is 3. The second kappa shape index (κ2) is 9.21. The van der Waals surface area contributed by atoms with Gasteiger partial charge in [0.05, 0.1) is 11.9 Å². The lowest BCUT2D eigenvalue weighted by Gasteiger charge is -2.09. The molecule has 0 aliphatic rings. The molecule has 0 spiro atoms. The fraction of sp³-hybridized carbons (Fsp3) is 0.467. The molecule has 0 saturated carbocycles. The molecule has 134 valence electrons. The van der Waals surface area contributed by atoms with Gasteiger partial charge in [0.15, 0.2) is 0 Å². The molecule has 2 amide bonds. The highest BCUT2D eigenvalue weighted by atomic mass is 32.2. The quantitative estimate of drug-likeness (QED) is 0.585. The summed E-state index contributed by atoms with van der Waals surface area (Å²) in [5.41, 5.74) is 0.0939. The third kappa shape index (κ3) is 8.47. The van der Waals surface area contributed by atoms with Crippen LogP contribution in [0.2, 0.25) is 0 Å². The third-order valence-corrected chi connectivity index (χ3v) is 3.59. The van der Waals surface area contributed by atoms with Crippen LogP contribution in [0.15, 0.2) is 18.2 Å². The minimum absolute atomic E-state index is 0.0810. The first-order valence-corrected chi connectivity index (χ1v) is 9.38. The molecule has 0 aromatic heterocycles. The van der Waals surface area contributed by atoms with Crippen LogP contribution in [0.5, 0.6) is 0 Å². The van der Waals surface area contributed by atoms with Crippen LogP contribution in [-0.2, 0) is 19.6 Å². The predicted octanol–water partition coefficient (Wildman–Crippen LogP) is 1.83.